The van der Waals surface area contributed by atoms with Crippen LogP contribution in [0.25, 0.3) is 5.82 Å². The monoisotopic (exact) mass is 428 g/mol. The van der Waals surface area contributed by atoms with Gasteiger partial charge in [0, 0.05) is 17.8 Å². The number of hydrogen-bond acceptors (Lipinski definition) is 5. The quantitative estimate of drug-likeness (QED) is 0.551. The molecule has 0 saturated heterocycles. The molecule has 3 rings (SSSR count). The summed E-state index contributed by atoms with van der Waals surface area (Å²) in [4.78, 5) is 17.2. The summed E-state index contributed by atoms with van der Waals surface area (Å²) in [5.41, 5.74) is 1.10. The van der Waals surface area contributed by atoms with Crippen molar-refractivity contribution in [1.29, 1.82) is 0 Å². The lowest BCUT2D eigenvalue weighted by Gasteiger charge is -2.15. The number of carbonyl (C=O) groups excluding carboxylic acids is 1. The molecule has 0 spiro atoms. The standard InChI is InChI=1S/C22H25ClN4O3/c1-14(2)8-10-30-21-17(23)12-16(13-18(21)29-4)22(28)25-20-11-15(3)26-27(20)19-7-5-6-9-24-19/h5-7,9,11-14H,8,10H2,1-4H3,(H,25,28). The van der Waals surface area contributed by atoms with Crippen LogP contribution in [-0.4, -0.2) is 34.4 Å². The van der Waals surface area contributed by atoms with Crippen molar-refractivity contribution in [3.8, 4) is 17.3 Å². The van der Waals surface area contributed by atoms with E-state index in [2.05, 4.69) is 29.2 Å². The number of halogens is 1. The molecular formula is C22H25ClN4O3. The first-order valence-electron chi connectivity index (χ1n) is 9.68. The summed E-state index contributed by atoms with van der Waals surface area (Å²) in [6.07, 6.45) is 2.55. The Hall–Kier alpha value is -3.06. The maximum atomic E-state index is 12.9. The fourth-order valence-corrected chi connectivity index (χ4v) is 3.08. The Balaban J connectivity index is 1.84. The molecule has 0 atom stereocenters. The number of hydrogen-bond donors (Lipinski definition) is 1. The Morgan fingerprint density at radius 2 is 2.07 bits per heavy atom. The first-order valence-corrected chi connectivity index (χ1v) is 10.1. The zero-order valence-electron chi connectivity index (χ0n) is 17.5. The lowest BCUT2D eigenvalue weighted by atomic mass is 10.1. The molecule has 158 valence electrons. The van der Waals surface area contributed by atoms with E-state index in [1.54, 1.807) is 29.1 Å². The molecule has 0 fully saturated rings. The topological polar surface area (TPSA) is 78.3 Å². The summed E-state index contributed by atoms with van der Waals surface area (Å²) in [7, 11) is 1.52. The number of nitrogens with zero attached hydrogens (tertiary/aromatic N) is 3. The average molecular weight is 429 g/mol. The number of aryl methyl sites for hydroxylation is 1. The highest BCUT2D eigenvalue weighted by Crippen LogP contribution is 2.37. The molecule has 0 saturated carbocycles. The van der Waals surface area contributed by atoms with E-state index >= 15 is 0 Å². The highest BCUT2D eigenvalue weighted by molar-refractivity contribution is 6.32. The van der Waals surface area contributed by atoms with Crippen LogP contribution >= 0.6 is 11.6 Å². The van der Waals surface area contributed by atoms with Gasteiger partial charge in [0.15, 0.2) is 17.3 Å². The van der Waals surface area contributed by atoms with Gasteiger partial charge in [0.2, 0.25) is 0 Å². The van der Waals surface area contributed by atoms with Gasteiger partial charge in [-0.05, 0) is 43.5 Å². The Morgan fingerprint density at radius 3 is 2.73 bits per heavy atom. The van der Waals surface area contributed by atoms with Crippen LogP contribution in [0.15, 0.2) is 42.6 Å². The van der Waals surface area contributed by atoms with Crippen LogP contribution in [0.5, 0.6) is 11.5 Å². The van der Waals surface area contributed by atoms with Crippen LogP contribution in [0.4, 0.5) is 5.82 Å². The number of nitrogens with one attached hydrogen (secondary N) is 1. The summed E-state index contributed by atoms with van der Waals surface area (Å²) >= 11 is 6.39. The number of anilines is 1. The summed E-state index contributed by atoms with van der Waals surface area (Å²) in [6, 6.07) is 10.4. The second-order valence-corrected chi connectivity index (χ2v) is 7.65. The Morgan fingerprint density at radius 1 is 1.27 bits per heavy atom. The number of aromatic nitrogens is 3. The van der Waals surface area contributed by atoms with Crippen LogP contribution < -0.4 is 14.8 Å². The van der Waals surface area contributed by atoms with E-state index in [4.69, 9.17) is 21.1 Å². The predicted molar refractivity (Wildman–Crippen MR) is 117 cm³/mol. The van der Waals surface area contributed by atoms with Gasteiger partial charge in [0.1, 0.15) is 5.82 Å². The van der Waals surface area contributed by atoms with Crippen molar-refractivity contribution in [2.75, 3.05) is 19.0 Å². The number of pyridine rings is 1. The molecule has 0 unspecified atom stereocenters. The number of benzene rings is 1. The average Bonchev–Trinajstić information content (AvgIpc) is 3.09. The molecular weight excluding hydrogens is 404 g/mol. The van der Waals surface area contributed by atoms with Crippen molar-refractivity contribution in [2.24, 2.45) is 5.92 Å². The molecule has 8 heteroatoms. The summed E-state index contributed by atoms with van der Waals surface area (Å²) in [6.45, 7) is 6.60. The Kier molecular flexibility index (Phi) is 6.95. The number of ether oxygens (including phenoxy) is 2. The second-order valence-electron chi connectivity index (χ2n) is 7.25. The van der Waals surface area contributed by atoms with Crippen LogP contribution in [0.2, 0.25) is 5.02 Å². The third kappa shape index (κ3) is 5.10. The normalized spacial score (nSPS) is 10.9. The molecule has 0 aliphatic rings. The maximum absolute atomic E-state index is 12.9. The zero-order chi connectivity index (χ0) is 21.7. The van der Waals surface area contributed by atoms with Crippen LogP contribution in [0.3, 0.4) is 0 Å². The fourth-order valence-electron chi connectivity index (χ4n) is 2.82. The van der Waals surface area contributed by atoms with Crippen molar-refractivity contribution in [3.05, 3.63) is 58.9 Å². The van der Waals surface area contributed by atoms with Crippen molar-refractivity contribution in [1.82, 2.24) is 14.8 Å². The van der Waals surface area contributed by atoms with E-state index in [1.165, 1.54) is 7.11 Å². The summed E-state index contributed by atoms with van der Waals surface area (Å²) < 4.78 is 12.8. The van der Waals surface area contributed by atoms with Gasteiger partial charge in [-0.3, -0.25) is 4.79 Å². The number of methoxy groups -OCH3 is 1. The largest absolute Gasteiger partial charge is 0.493 e. The molecule has 0 aliphatic carbocycles. The van der Waals surface area contributed by atoms with Crippen LogP contribution in [0.1, 0.15) is 36.3 Å². The second kappa shape index (κ2) is 9.63. The van der Waals surface area contributed by atoms with E-state index in [1.807, 2.05) is 25.1 Å². The minimum atomic E-state index is -0.346. The maximum Gasteiger partial charge on any atom is 0.257 e. The van der Waals surface area contributed by atoms with Crippen molar-refractivity contribution in [2.45, 2.75) is 27.2 Å². The van der Waals surface area contributed by atoms with Gasteiger partial charge in [0.25, 0.3) is 5.91 Å². The first-order chi connectivity index (χ1) is 14.4. The van der Waals surface area contributed by atoms with Crippen molar-refractivity contribution >= 4 is 23.3 Å². The highest BCUT2D eigenvalue weighted by atomic mass is 35.5. The molecule has 7 nitrogen and oxygen atoms in total. The molecule has 0 bridgehead atoms. The Labute approximate surface area is 181 Å². The lowest BCUT2D eigenvalue weighted by Crippen LogP contribution is -2.16. The number of amides is 1. The summed E-state index contributed by atoms with van der Waals surface area (Å²) in [5, 5.41) is 7.60. The van der Waals surface area contributed by atoms with E-state index < -0.39 is 0 Å². The van der Waals surface area contributed by atoms with Gasteiger partial charge >= 0.3 is 0 Å². The van der Waals surface area contributed by atoms with Gasteiger partial charge in [-0.2, -0.15) is 9.78 Å². The van der Waals surface area contributed by atoms with Gasteiger partial charge in [0.05, 0.1) is 24.4 Å². The minimum absolute atomic E-state index is 0.317. The minimum Gasteiger partial charge on any atom is -0.493 e. The van der Waals surface area contributed by atoms with Gasteiger partial charge < -0.3 is 14.8 Å². The van der Waals surface area contributed by atoms with Crippen molar-refractivity contribution in [3.63, 3.8) is 0 Å². The third-order valence-corrected chi connectivity index (χ3v) is 4.65. The third-order valence-electron chi connectivity index (χ3n) is 4.37. The van der Waals surface area contributed by atoms with E-state index in [0.717, 1.165) is 12.1 Å². The van der Waals surface area contributed by atoms with Crippen LogP contribution in [-0.2, 0) is 0 Å². The molecule has 2 heterocycles. The molecule has 3 aromatic rings. The molecule has 1 amide bonds. The smallest absolute Gasteiger partial charge is 0.257 e. The Bertz CT molecular complexity index is 1020. The highest BCUT2D eigenvalue weighted by Gasteiger charge is 2.18. The van der Waals surface area contributed by atoms with Gasteiger partial charge in [-0.25, -0.2) is 4.98 Å². The van der Waals surface area contributed by atoms with Gasteiger partial charge in [-0.1, -0.05) is 31.5 Å². The van der Waals surface area contributed by atoms with E-state index in [9.17, 15) is 4.79 Å². The van der Waals surface area contributed by atoms with Crippen molar-refractivity contribution < 1.29 is 14.3 Å². The van der Waals surface area contributed by atoms with Crippen LogP contribution in [0, 0.1) is 12.8 Å². The molecule has 30 heavy (non-hydrogen) atoms. The number of rotatable bonds is 8. The molecule has 0 radical (unpaired) electrons. The lowest BCUT2D eigenvalue weighted by molar-refractivity contribution is 0.102. The predicted octanol–water partition coefficient (Wildman–Crippen LogP) is 4.91. The molecule has 0 aliphatic heterocycles. The SMILES string of the molecule is COc1cc(C(=O)Nc2cc(C)nn2-c2ccccn2)cc(Cl)c1OCCC(C)C. The molecule has 1 aromatic carbocycles. The zero-order valence-corrected chi connectivity index (χ0v) is 18.2. The number of carbonyl (C=O) groups is 1. The van der Waals surface area contributed by atoms with E-state index in [-0.39, 0.29) is 5.91 Å². The summed E-state index contributed by atoms with van der Waals surface area (Å²) in [5.74, 6) is 2.11. The molecule has 2 aromatic heterocycles. The van der Waals surface area contributed by atoms with E-state index in [0.29, 0.717) is 46.2 Å². The fraction of sp³-hybridized carbons (Fsp3) is 0.318. The first kappa shape index (κ1) is 21.6. The van der Waals surface area contributed by atoms with Gasteiger partial charge in [-0.15, -0.1) is 0 Å². The molecule has 1 N–H and O–H groups in total.